The molecular formula is C32H36N4O3. The standard InChI is InChI=1S/C32H36N4O3/c1-24(2)35(32(37)23-39-26-14-8-5-9-15-26)22-28-27-21-34(20-25-12-6-4-7-13-25)19-18-29(27)36(33-28)30-16-10-11-17-31(30)38-3/h4-17,24H,18-23H2,1-3H3. The summed E-state index contributed by atoms with van der Waals surface area (Å²) in [5.41, 5.74) is 5.47. The van der Waals surface area contributed by atoms with Gasteiger partial charge in [-0.15, -0.1) is 0 Å². The fraction of sp³-hybridized carbons (Fsp3) is 0.312. The molecule has 1 aliphatic heterocycles. The number of carbonyl (C=O) groups is 1. The molecule has 39 heavy (non-hydrogen) atoms. The molecule has 5 rings (SSSR count). The van der Waals surface area contributed by atoms with Crippen molar-refractivity contribution in [3.05, 3.63) is 107 Å². The van der Waals surface area contributed by atoms with E-state index in [2.05, 4.69) is 29.2 Å². The Labute approximate surface area is 230 Å². The van der Waals surface area contributed by atoms with Crippen molar-refractivity contribution in [2.45, 2.75) is 45.9 Å². The summed E-state index contributed by atoms with van der Waals surface area (Å²) in [6.07, 6.45) is 0.861. The molecule has 202 valence electrons. The van der Waals surface area contributed by atoms with Gasteiger partial charge in [0.15, 0.2) is 6.61 Å². The molecule has 0 spiro atoms. The van der Waals surface area contributed by atoms with E-state index in [9.17, 15) is 4.79 Å². The fourth-order valence-electron chi connectivity index (χ4n) is 5.11. The summed E-state index contributed by atoms with van der Waals surface area (Å²) in [6.45, 7) is 7.04. The van der Waals surface area contributed by atoms with Gasteiger partial charge in [-0.05, 0) is 43.7 Å². The van der Waals surface area contributed by atoms with E-state index in [-0.39, 0.29) is 18.6 Å². The van der Waals surface area contributed by atoms with Crippen LogP contribution in [0.3, 0.4) is 0 Å². The molecule has 7 heteroatoms. The van der Waals surface area contributed by atoms with E-state index in [1.54, 1.807) is 7.11 Å². The summed E-state index contributed by atoms with van der Waals surface area (Å²) in [5.74, 6) is 1.39. The average Bonchev–Trinajstić information content (AvgIpc) is 3.32. The molecule has 0 N–H and O–H groups in total. The number of hydrogen-bond acceptors (Lipinski definition) is 5. The highest BCUT2D eigenvalue weighted by atomic mass is 16.5. The number of methoxy groups -OCH3 is 1. The van der Waals surface area contributed by atoms with E-state index in [0.717, 1.165) is 43.2 Å². The Bertz CT molecular complexity index is 1390. The molecule has 0 bridgehead atoms. The first-order valence-corrected chi connectivity index (χ1v) is 13.5. The van der Waals surface area contributed by atoms with Gasteiger partial charge in [0.05, 0.1) is 25.0 Å². The zero-order valence-corrected chi connectivity index (χ0v) is 22.9. The minimum atomic E-state index is -0.0635. The van der Waals surface area contributed by atoms with Gasteiger partial charge in [-0.1, -0.05) is 60.7 Å². The molecule has 0 unspecified atom stereocenters. The summed E-state index contributed by atoms with van der Waals surface area (Å²) < 4.78 is 13.5. The molecule has 0 fully saturated rings. The Morgan fingerprint density at radius 1 is 0.974 bits per heavy atom. The van der Waals surface area contributed by atoms with E-state index in [0.29, 0.717) is 12.3 Å². The van der Waals surface area contributed by atoms with Crippen LogP contribution in [0.1, 0.15) is 36.4 Å². The Morgan fingerprint density at radius 2 is 1.67 bits per heavy atom. The summed E-state index contributed by atoms with van der Waals surface area (Å²) in [6, 6.07) is 27.9. The maximum atomic E-state index is 13.3. The molecule has 0 saturated heterocycles. The lowest BCUT2D eigenvalue weighted by Gasteiger charge is -2.29. The number of hydrogen-bond donors (Lipinski definition) is 0. The van der Waals surface area contributed by atoms with Crippen molar-refractivity contribution in [3.8, 4) is 17.2 Å². The predicted octanol–water partition coefficient (Wildman–Crippen LogP) is 5.26. The number of ether oxygens (including phenoxy) is 2. The van der Waals surface area contributed by atoms with Crippen LogP contribution in [-0.4, -0.2) is 51.8 Å². The van der Waals surface area contributed by atoms with Crippen LogP contribution in [-0.2, 0) is 30.8 Å². The van der Waals surface area contributed by atoms with Gasteiger partial charge in [-0.2, -0.15) is 5.10 Å². The predicted molar refractivity (Wildman–Crippen MR) is 152 cm³/mol. The van der Waals surface area contributed by atoms with Crippen LogP contribution in [0.2, 0.25) is 0 Å². The van der Waals surface area contributed by atoms with Crippen LogP contribution >= 0.6 is 0 Å². The van der Waals surface area contributed by atoms with Crippen molar-refractivity contribution in [1.82, 2.24) is 19.6 Å². The van der Waals surface area contributed by atoms with Gasteiger partial charge in [0.1, 0.15) is 17.2 Å². The fourth-order valence-corrected chi connectivity index (χ4v) is 5.11. The first-order valence-electron chi connectivity index (χ1n) is 13.5. The molecule has 4 aromatic rings. The number of rotatable bonds is 10. The van der Waals surface area contributed by atoms with Gasteiger partial charge >= 0.3 is 0 Å². The Kier molecular flexibility index (Phi) is 8.27. The van der Waals surface area contributed by atoms with E-state index >= 15 is 0 Å². The topological polar surface area (TPSA) is 59.8 Å². The Balaban J connectivity index is 1.44. The first kappa shape index (κ1) is 26.5. The van der Waals surface area contributed by atoms with E-state index < -0.39 is 0 Å². The van der Waals surface area contributed by atoms with Crippen LogP contribution in [0.5, 0.6) is 11.5 Å². The Morgan fingerprint density at radius 3 is 2.38 bits per heavy atom. The minimum absolute atomic E-state index is 0.00653. The lowest BCUT2D eigenvalue weighted by Crippen LogP contribution is -2.40. The molecule has 0 radical (unpaired) electrons. The minimum Gasteiger partial charge on any atom is -0.494 e. The maximum Gasteiger partial charge on any atom is 0.261 e. The molecule has 0 atom stereocenters. The number of fused-ring (bicyclic) bond motifs is 1. The van der Waals surface area contributed by atoms with Crippen LogP contribution in [0, 0.1) is 0 Å². The second-order valence-corrected chi connectivity index (χ2v) is 10.1. The van der Waals surface area contributed by atoms with Crippen molar-refractivity contribution < 1.29 is 14.3 Å². The number of carbonyl (C=O) groups excluding carboxylic acids is 1. The highest BCUT2D eigenvalue weighted by Crippen LogP contribution is 2.31. The van der Waals surface area contributed by atoms with E-state index in [1.807, 2.05) is 84.1 Å². The number of nitrogens with zero attached hydrogens (tertiary/aromatic N) is 4. The quantitative estimate of drug-likeness (QED) is 0.283. The maximum absolute atomic E-state index is 13.3. The van der Waals surface area contributed by atoms with Gasteiger partial charge in [0.2, 0.25) is 0 Å². The third-order valence-electron chi connectivity index (χ3n) is 7.15. The van der Waals surface area contributed by atoms with E-state index in [1.165, 1.54) is 16.8 Å². The van der Waals surface area contributed by atoms with Gasteiger partial charge in [-0.3, -0.25) is 9.69 Å². The number of aromatic nitrogens is 2. The van der Waals surface area contributed by atoms with Gasteiger partial charge in [-0.25, -0.2) is 4.68 Å². The normalized spacial score (nSPS) is 13.2. The lowest BCUT2D eigenvalue weighted by atomic mass is 10.0. The van der Waals surface area contributed by atoms with Crippen LogP contribution < -0.4 is 9.47 Å². The molecular weight excluding hydrogens is 488 g/mol. The largest absolute Gasteiger partial charge is 0.494 e. The van der Waals surface area contributed by atoms with Gasteiger partial charge in [0.25, 0.3) is 5.91 Å². The molecule has 2 heterocycles. The third-order valence-corrected chi connectivity index (χ3v) is 7.15. The number of benzene rings is 3. The molecule has 7 nitrogen and oxygen atoms in total. The second kappa shape index (κ2) is 12.2. The first-order chi connectivity index (χ1) is 19.0. The third kappa shape index (κ3) is 6.15. The molecule has 0 aliphatic carbocycles. The van der Waals surface area contributed by atoms with Crippen molar-refractivity contribution in [2.75, 3.05) is 20.3 Å². The van der Waals surface area contributed by atoms with Crippen LogP contribution in [0.15, 0.2) is 84.9 Å². The average molecular weight is 525 g/mol. The number of para-hydroxylation sites is 3. The van der Waals surface area contributed by atoms with Crippen molar-refractivity contribution in [1.29, 1.82) is 0 Å². The number of amides is 1. The van der Waals surface area contributed by atoms with Gasteiger partial charge < -0.3 is 14.4 Å². The summed E-state index contributed by atoms with van der Waals surface area (Å²) in [5, 5.41) is 5.11. The highest BCUT2D eigenvalue weighted by molar-refractivity contribution is 5.78. The summed E-state index contributed by atoms with van der Waals surface area (Å²) >= 11 is 0. The van der Waals surface area contributed by atoms with Crippen molar-refractivity contribution in [2.24, 2.45) is 0 Å². The van der Waals surface area contributed by atoms with Gasteiger partial charge in [0, 0.05) is 37.7 Å². The highest BCUT2D eigenvalue weighted by Gasteiger charge is 2.29. The van der Waals surface area contributed by atoms with Crippen molar-refractivity contribution in [3.63, 3.8) is 0 Å². The second-order valence-electron chi connectivity index (χ2n) is 10.1. The molecule has 1 amide bonds. The molecule has 1 aromatic heterocycles. The molecule has 1 aliphatic rings. The monoisotopic (exact) mass is 524 g/mol. The van der Waals surface area contributed by atoms with Crippen LogP contribution in [0.25, 0.3) is 5.69 Å². The summed E-state index contributed by atoms with van der Waals surface area (Å²) in [4.78, 5) is 17.7. The summed E-state index contributed by atoms with van der Waals surface area (Å²) in [7, 11) is 1.68. The SMILES string of the molecule is COc1ccccc1-n1nc(CN(C(=O)COc2ccccc2)C(C)C)c2c1CCN(Cc1ccccc1)C2. The zero-order valence-electron chi connectivity index (χ0n) is 22.9. The van der Waals surface area contributed by atoms with E-state index in [4.69, 9.17) is 14.6 Å². The Hall–Kier alpha value is -4.10. The smallest absolute Gasteiger partial charge is 0.261 e. The lowest BCUT2D eigenvalue weighted by molar-refractivity contribution is -0.135. The van der Waals surface area contributed by atoms with Crippen molar-refractivity contribution >= 4 is 5.91 Å². The molecule has 3 aromatic carbocycles. The zero-order chi connectivity index (χ0) is 27.2. The molecule has 0 saturated carbocycles. The van der Waals surface area contributed by atoms with Crippen LogP contribution in [0.4, 0.5) is 0 Å².